The normalized spacial score (nSPS) is 15.7. The number of nitrogens with one attached hydrogen (secondary N) is 2. The van der Waals surface area contributed by atoms with Crippen molar-refractivity contribution < 1.29 is 14.3 Å². The van der Waals surface area contributed by atoms with Gasteiger partial charge in [0, 0.05) is 32.2 Å². The molecule has 0 amide bonds. The average Bonchev–Trinajstić information content (AvgIpc) is 3.27. The second-order valence-corrected chi connectivity index (χ2v) is 7.45. The molecule has 8 heteroatoms. The lowest BCUT2D eigenvalue weighted by Gasteiger charge is -2.22. The van der Waals surface area contributed by atoms with E-state index in [1.54, 1.807) is 19.2 Å². The second-order valence-electron chi connectivity index (χ2n) is 7.45. The molecule has 1 aliphatic rings. The molecule has 1 atom stereocenters. The number of aliphatic imine (C=N–C) groups is 1. The summed E-state index contributed by atoms with van der Waals surface area (Å²) in [5.74, 6) is 1.42. The standard InChI is InChI=1S/C24H32N4O3.HI/c1-4-25-24(26-15-13-18-9-11-19(12-10-18)23(29)31-3)27-20-14-16-28(17-20)21-7-5-6-8-22(21)30-2;/h5-12,20H,4,13-17H2,1-3H3,(H2,25,26,27);1H. The SMILES string of the molecule is CCNC(=NCCc1ccc(C(=O)OC)cc1)NC1CCN(c2ccccc2OC)C1.I. The molecule has 1 unspecified atom stereocenters. The van der Waals surface area contributed by atoms with Crippen molar-refractivity contribution in [3.05, 3.63) is 59.7 Å². The van der Waals surface area contributed by atoms with E-state index >= 15 is 0 Å². The Morgan fingerprint density at radius 3 is 2.59 bits per heavy atom. The van der Waals surface area contributed by atoms with Crippen LogP contribution in [-0.4, -0.2) is 58.4 Å². The third kappa shape index (κ3) is 7.01. The highest BCUT2D eigenvalue weighted by Crippen LogP contribution is 2.30. The summed E-state index contributed by atoms with van der Waals surface area (Å²) in [6, 6.07) is 15.9. The fraction of sp³-hybridized carbons (Fsp3) is 0.417. The molecule has 174 valence electrons. The Hall–Kier alpha value is -2.49. The smallest absolute Gasteiger partial charge is 0.337 e. The summed E-state index contributed by atoms with van der Waals surface area (Å²) in [7, 11) is 3.10. The zero-order chi connectivity index (χ0) is 22.1. The van der Waals surface area contributed by atoms with Crippen LogP contribution in [-0.2, 0) is 11.2 Å². The minimum atomic E-state index is -0.318. The van der Waals surface area contributed by atoms with E-state index in [0.717, 1.165) is 55.4 Å². The molecule has 2 N–H and O–H groups in total. The third-order valence-electron chi connectivity index (χ3n) is 5.34. The van der Waals surface area contributed by atoms with Crippen LogP contribution < -0.4 is 20.3 Å². The lowest BCUT2D eigenvalue weighted by atomic mass is 10.1. The Bertz CT molecular complexity index is 889. The zero-order valence-electron chi connectivity index (χ0n) is 19.0. The van der Waals surface area contributed by atoms with Gasteiger partial charge in [0.05, 0.1) is 25.5 Å². The van der Waals surface area contributed by atoms with E-state index in [4.69, 9.17) is 14.5 Å². The molecular formula is C24H33IN4O3. The highest BCUT2D eigenvalue weighted by atomic mass is 127. The number of benzene rings is 2. The molecule has 0 saturated carbocycles. The van der Waals surface area contributed by atoms with Gasteiger partial charge in [0.1, 0.15) is 5.75 Å². The Morgan fingerprint density at radius 2 is 1.91 bits per heavy atom. The summed E-state index contributed by atoms with van der Waals surface area (Å²) in [5, 5.41) is 6.91. The summed E-state index contributed by atoms with van der Waals surface area (Å²) >= 11 is 0. The quantitative estimate of drug-likeness (QED) is 0.226. The van der Waals surface area contributed by atoms with Crippen LogP contribution in [0.3, 0.4) is 0 Å². The maximum Gasteiger partial charge on any atom is 0.337 e. The lowest BCUT2D eigenvalue weighted by Crippen LogP contribution is -2.44. The topological polar surface area (TPSA) is 75.2 Å². The van der Waals surface area contributed by atoms with Crippen molar-refractivity contribution in [1.82, 2.24) is 10.6 Å². The van der Waals surface area contributed by atoms with Gasteiger partial charge in [-0.05, 0) is 49.6 Å². The van der Waals surface area contributed by atoms with Crippen LogP contribution in [0.25, 0.3) is 0 Å². The van der Waals surface area contributed by atoms with Gasteiger partial charge >= 0.3 is 5.97 Å². The molecule has 0 radical (unpaired) electrons. The summed E-state index contributed by atoms with van der Waals surface area (Å²) in [5.41, 5.74) is 2.83. The Balaban J connectivity index is 0.00000363. The third-order valence-corrected chi connectivity index (χ3v) is 5.34. The monoisotopic (exact) mass is 552 g/mol. The average molecular weight is 552 g/mol. The van der Waals surface area contributed by atoms with E-state index < -0.39 is 0 Å². The highest BCUT2D eigenvalue weighted by Gasteiger charge is 2.25. The largest absolute Gasteiger partial charge is 0.495 e. The molecular weight excluding hydrogens is 519 g/mol. The number of hydrogen-bond acceptors (Lipinski definition) is 5. The molecule has 1 aliphatic heterocycles. The van der Waals surface area contributed by atoms with Crippen molar-refractivity contribution in [3.8, 4) is 5.75 Å². The van der Waals surface area contributed by atoms with Crippen LogP contribution in [0.4, 0.5) is 5.69 Å². The maximum atomic E-state index is 11.5. The van der Waals surface area contributed by atoms with Crippen LogP contribution in [0, 0.1) is 0 Å². The van der Waals surface area contributed by atoms with Crippen molar-refractivity contribution in [3.63, 3.8) is 0 Å². The van der Waals surface area contributed by atoms with E-state index in [1.165, 1.54) is 7.11 Å². The number of nitrogens with zero attached hydrogens (tertiary/aromatic N) is 2. The van der Waals surface area contributed by atoms with Crippen molar-refractivity contribution in [2.24, 2.45) is 4.99 Å². The first kappa shape index (κ1) is 25.8. The summed E-state index contributed by atoms with van der Waals surface area (Å²) in [6.07, 6.45) is 1.84. The minimum absolute atomic E-state index is 0. The Labute approximate surface area is 207 Å². The van der Waals surface area contributed by atoms with Gasteiger partial charge in [0.25, 0.3) is 0 Å². The lowest BCUT2D eigenvalue weighted by molar-refractivity contribution is 0.0600. The molecule has 1 heterocycles. The molecule has 0 bridgehead atoms. The summed E-state index contributed by atoms with van der Waals surface area (Å²) < 4.78 is 10.3. The van der Waals surface area contributed by atoms with Crippen LogP contribution in [0.15, 0.2) is 53.5 Å². The van der Waals surface area contributed by atoms with Gasteiger partial charge in [-0.3, -0.25) is 4.99 Å². The first-order valence-electron chi connectivity index (χ1n) is 10.7. The van der Waals surface area contributed by atoms with E-state index in [0.29, 0.717) is 18.2 Å². The van der Waals surface area contributed by atoms with Crippen LogP contribution in [0.5, 0.6) is 5.75 Å². The van der Waals surface area contributed by atoms with Crippen molar-refractivity contribution in [2.75, 3.05) is 45.3 Å². The van der Waals surface area contributed by atoms with Crippen molar-refractivity contribution >= 4 is 41.6 Å². The van der Waals surface area contributed by atoms with Gasteiger partial charge in [-0.2, -0.15) is 0 Å². The number of guanidine groups is 1. The molecule has 0 aromatic heterocycles. The maximum absolute atomic E-state index is 11.5. The predicted molar refractivity (Wildman–Crippen MR) is 140 cm³/mol. The van der Waals surface area contributed by atoms with Crippen LogP contribution in [0.2, 0.25) is 0 Å². The molecule has 2 aromatic rings. The molecule has 0 aliphatic carbocycles. The zero-order valence-corrected chi connectivity index (χ0v) is 21.3. The molecule has 2 aromatic carbocycles. The van der Waals surface area contributed by atoms with Gasteiger partial charge in [-0.15, -0.1) is 24.0 Å². The van der Waals surface area contributed by atoms with E-state index in [-0.39, 0.29) is 29.9 Å². The number of esters is 1. The number of hydrogen-bond donors (Lipinski definition) is 2. The molecule has 0 spiro atoms. The number of halogens is 1. The first-order valence-corrected chi connectivity index (χ1v) is 10.7. The number of rotatable bonds is 8. The summed E-state index contributed by atoms with van der Waals surface area (Å²) in [4.78, 5) is 18.6. The fourth-order valence-electron chi connectivity index (χ4n) is 3.72. The van der Waals surface area contributed by atoms with E-state index in [1.807, 2.05) is 30.3 Å². The predicted octanol–water partition coefficient (Wildman–Crippen LogP) is 3.48. The number of carbonyl (C=O) groups excluding carboxylic acids is 1. The highest BCUT2D eigenvalue weighted by molar-refractivity contribution is 14.0. The minimum Gasteiger partial charge on any atom is -0.495 e. The number of methoxy groups -OCH3 is 2. The van der Waals surface area contributed by atoms with E-state index in [9.17, 15) is 4.79 Å². The van der Waals surface area contributed by atoms with Gasteiger partial charge in [-0.1, -0.05) is 24.3 Å². The van der Waals surface area contributed by atoms with Crippen LogP contribution in [0.1, 0.15) is 29.3 Å². The van der Waals surface area contributed by atoms with Crippen molar-refractivity contribution in [2.45, 2.75) is 25.8 Å². The van der Waals surface area contributed by atoms with Gasteiger partial charge in [0.2, 0.25) is 0 Å². The number of ether oxygens (including phenoxy) is 2. The second kappa shape index (κ2) is 13.1. The number of anilines is 1. The number of carbonyl (C=O) groups is 1. The molecule has 3 rings (SSSR count). The number of para-hydroxylation sites is 2. The molecule has 1 fully saturated rings. The van der Waals surface area contributed by atoms with E-state index in [2.05, 4.69) is 28.5 Å². The summed E-state index contributed by atoms with van der Waals surface area (Å²) in [6.45, 7) is 5.42. The molecule has 32 heavy (non-hydrogen) atoms. The molecule has 7 nitrogen and oxygen atoms in total. The molecule has 1 saturated heterocycles. The van der Waals surface area contributed by atoms with Gasteiger partial charge in [-0.25, -0.2) is 4.79 Å². The van der Waals surface area contributed by atoms with Crippen LogP contribution >= 0.6 is 24.0 Å². The Morgan fingerprint density at radius 1 is 1.16 bits per heavy atom. The first-order chi connectivity index (χ1) is 15.1. The fourth-order valence-corrected chi connectivity index (χ4v) is 3.72. The van der Waals surface area contributed by atoms with Crippen molar-refractivity contribution in [1.29, 1.82) is 0 Å². The Kier molecular flexibility index (Phi) is 10.6. The van der Waals surface area contributed by atoms with Gasteiger partial charge < -0.3 is 25.0 Å². The van der Waals surface area contributed by atoms with Gasteiger partial charge in [0.15, 0.2) is 5.96 Å².